The molecule has 0 atom stereocenters. The van der Waals surface area contributed by atoms with Gasteiger partial charge in [-0.15, -0.1) is 0 Å². The fourth-order valence-corrected chi connectivity index (χ4v) is 0.497. The molecule has 0 aromatic carbocycles. The van der Waals surface area contributed by atoms with Crippen LogP contribution in [0.25, 0.3) is 0 Å². The van der Waals surface area contributed by atoms with E-state index >= 15 is 0 Å². The zero-order valence-corrected chi connectivity index (χ0v) is 8.67. The molecule has 2 N–H and O–H groups in total. The van der Waals surface area contributed by atoms with Crippen molar-refractivity contribution in [2.24, 2.45) is 5.73 Å². The molecule has 1 amide bonds. The first kappa shape index (κ1) is 19.7. The van der Waals surface area contributed by atoms with Gasteiger partial charge < -0.3 is 5.73 Å². The van der Waals surface area contributed by atoms with Crippen LogP contribution in [-0.4, -0.2) is 50.5 Å². The summed E-state index contributed by atoms with van der Waals surface area (Å²) >= 11 is 0. The minimum atomic E-state index is -2.61. The van der Waals surface area contributed by atoms with Gasteiger partial charge in [0, 0.05) is 5.57 Å². The second-order valence-corrected chi connectivity index (χ2v) is 2.91. The van der Waals surface area contributed by atoms with Crippen LogP contribution < -0.4 is 5.73 Å². The van der Waals surface area contributed by atoms with Crippen LogP contribution in [-0.2, 0) is 20.0 Å². The third-order valence-electron chi connectivity index (χ3n) is 0.821. The molecular formula is C7H16NNaO4S. The molecule has 0 aliphatic heterocycles. The van der Waals surface area contributed by atoms with Crippen molar-refractivity contribution in [3.8, 4) is 0 Å². The van der Waals surface area contributed by atoms with Crippen LogP contribution in [0.5, 0.6) is 0 Å². The van der Waals surface area contributed by atoms with E-state index in [4.69, 9.17) is 5.73 Å². The monoisotopic (exact) mass is 233 g/mol. The zero-order valence-electron chi connectivity index (χ0n) is 7.78. The van der Waals surface area contributed by atoms with E-state index in [0.717, 1.165) is 6.42 Å². The van der Waals surface area contributed by atoms with E-state index < -0.39 is 16.9 Å². The van der Waals surface area contributed by atoms with E-state index in [1.807, 2.05) is 6.92 Å². The Kier molecular flexibility index (Phi) is 18.4. The van der Waals surface area contributed by atoms with Gasteiger partial charge in [0.1, 0.15) is 0 Å². The van der Waals surface area contributed by atoms with Gasteiger partial charge in [-0.05, 0) is 13.3 Å². The first-order valence-electron chi connectivity index (χ1n) is 3.64. The summed E-state index contributed by atoms with van der Waals surface area (Å²) in [5.41, 5.74) is 5.09. The van der Waals surface area contributed by atoms with Crippen molar-refractivity contribution in [2.75, 3.05) is 6.61 Å². The Morgan fingerprint density at radius 3 is 1.93 bits per heavy atom. The van der Waals surface area contributed by atoms with Crippen LogP contribution in [0.2, 0.25) is 0 Å². The Labute approximate surface area is 108 Å². The van der Waals surface area contributed by atoms with E-state index in [2.05, 4.69) is 10.8 Å². The van der Waals surface area contributed by atoms with Crippen molar-refractivity contribution in [2.45, 2.75) is 20.3 Å². The molecule has 0 fully saturated rings. The van der Waals surface area contributed by atoms with E-state index in [-0.39, 0.29) is 29.6 Å². The normalized spacial score (nSPS) is 8.21. The Morgan fingerprint density at radius 2 is 1.86 bits per heavy atom. The van der Waals surface area contributed by atoms with Crippen LogP contribution in [0.3, 0.4) is 0 Å². The van der Waals surface area contributed by atoms with Crippen LogP contribution >= 0.6 is 0 Å². The van der Waals surface area contributed by atoms with Crippen molar-refractivity contribution < 1.29 is 17.4 Å². The quantitative estimate of drug-likeness (QED) is 0.383. The summed E-state index contributed by atoms with van der Waals surface area (Å²) in [5, 5.41) is 0. The van der Waals surface area contributed by atoms with Crippen molar-refractivity contribution in [3.05, 3.63) is 12.2 Å². The second kappa shape index (κ2) is 13.1. The van der Waals surface area contributed by atoms with Gasteiger partial charge in [0.15, 0.2) is 0 Å². The van der Waals surface area contributed by atoms with Gasteiger partial charge in [-0.2, -0.15) is 0 Å². The molecule has 0 heterocycles. The van der Waals surface area contributed by atoms with Crippen molar-refractivity contribution >= 4 is 46.4 Å². The molecule has 0 saturated heterocycles. The number of carbonyl (C=O) groups is 1. The molecular weight excluding hydrogens is 217 g/mol. The average molecular weight is 233 g/mol. The Bertz CT molecular complexity index is 220. The number of primary amides is 1. The summed E-state index contributed by atoms with van der Waals surface area (Å²) in [6.07, 6.45) is 0.739. The van der Waals surface area contributed by atoms with Crippen LogP contribution in [0.4, 0.5) is 0 Å². The molecule has 0 spiro atoms. The number of hydrogen-bond donors (Lipinski definition) is 2. The number of nitrogens with two attached hydrogens (primary N) is 1. The first-order chi connectivity index (χ1) is 5.91. The molecule has 0 aromatic heterocycles. The Balaban J connectivity index is -0.000000163. The van der Waals surface area contributed by atoms with Gasteiger partial charge in [0.25, 0.3) is 11.0 Å². The van der Waals surface area contributed by atoms with Crippen LogP contribution in [0.15, 0.2) is 12.2 Å². The fourth-order valence-electron chi connectivity index (χ4n) is 0.166. The molecule has 5 nitrogen and oxygen atoms in total. The fraction of sp³-hybridized carbons (Fsp3) is 0.571. The predicted octanol–water partition coefficient (Wildman–Crippen LogP) is -0.661. The number of carbonyl (C=O) groups excluding carboxylic acids is 1. The number of hydrogen-bond acceptors (Lipinski definition) is 4. The summed E-state index contributed by atoms with van der Waals surface area (Å²) in [6, 6.07) is 0. The summed E-state index contributed by atoms with van der Waals surface area (Å²) in [5.74, 6) is -0.435. The summed E-state index contributed by atoms with van der Waals surface area (Å²) in [4.78, 5) is 9.82. The van der Waals surface area contributed by atoms with Crippen molar-refractivity contribution in [3.63, 3.8) is 0 Å². The van der Waals surface area contributed by atoms with E-state index in [1.165, 1.54) is 0 Å². The summed E-state index contributed by atoms with van der Waals surface area (Å²) < 4.78 is 23.3. The average Bonchev–Trinajstić information content (AvgIpc) is 2.01. The van der Waals surface area contributed by atoms with Gasteiger partial charge in [0.2, 0.25) is 5.91 Å². The van der Waals surface area contributed by atoms with Crippen molar-refractivity contribution in [1.29, 1.82) is 0 Å². The first-order valence-corrected chi connectivity index (χ1v) is 4.74. The topological polar surface area (TPSA) is 86.5 Å². The molecule has 0 aliphatic rings. The SMILES string of the molecule is C=C(C)C(N)=O.CCCO[SH](=O)=O.[NaH]. The second-order valence-electron chi connectivity index (χ2n) is 2.20. The van der Waals surface area contributed by atoms with Gasteiger partial charge in [-0.1, -0.05) is 13.5 Å². The molecule has 0 unspecified atom stereocenters. The molecule has 0 rings (SSSR count). The van der Waals surface area contributed by atoms with Gasteiger partial charge in [-0.3, -0.25) is 8.98 Å². The van der Waals surface area contributed by atoms with Crippen LogP contribution in [0, 0.1) is 0 Å². The molecule has 0 saturated carbocycles. The third kappa shape index (κ3) is 22.7. The van der Waals surface area contributed by atoms with Crippen LogP contribution in [0.1, 0.15) is 20.3 Å². The van der Waals surface area contributed by atoms with Crippen molar-refractivity contribution in [1.82, 2.24) is 0 Å². The number of rotatable bonds is 4. The Hall–Kier alpha value is 0.120. The molecule has 14 heavy (non-hydrogen) atoms. The van der Waals surface area contributed by atoms with E-state index in [0.29, 0.717) is 12.2 Å². The molecule has 0 bridgehead atoms. The number of amides is 1. The van der Waals surface area contributed by atoms with Gasteiger partial charge in [0.05, 0.1) is 6.61 Å². The molecule has 7 heteroatoms. The maximum absolute atomic E-state index is 9.82. The molecule has 0 aromatic rings. The van der Waals surface area contributed by atoms with Gasteiger partial charge >= 0.3 is 29.6 Å². The molecule has 80 valence electrons. The maximum atomic E-state index is 9.82. The zero-order chi connectivity index (χ0) is 10.9. The summed E-state index contributed by atoms with van der Waals surface area (Å²) in [7, 11) is -2.61. The molecule has 0 radical (unpaired) electrons. The summed E-state index contributed by atoms with van der Waals surface area (Å²) in [6.45, 7) is 7.00. The standard InChI is InChI=1S/C4H7NO.C3H8O3S.Na.H/c1-3(2)4(5)6;1-2-3-6-7(4)5;;/h1H2,2H3,(H2,5,6);7H,2-3H2,1H3;;. The Morgan fingerprint density at radius 1 is 1.50 bits per heavy atom. The van der Waals surface area contributed by atoms with E-state index in [9.17, 15) is 13.2 Å². The minimum absolute atomic E-state index is 0. The molecule has 0 aliphatic carbocycles. The third-order valence-corrected chi connectivity index (χ3v) is 1.21. The van der Waals surface area contributed by atoms with Gasteiger partial charge in [-0.25, -0.2) is 8.42 Å². The van der Waals surface area contributed by atoms with E-state index in [1.54, 1.807) is 6.92 Å². The predicted molar refractivity (Wildman–Crippen MR) is 57.7 cm³/mol. The number of thiol groups is 1.